The lowest BCUT2D eigenvalue weighted by Crippen LogP contribution is -2.15. The number of thiazole rings is 1. The second kappa shape index (κ2) is 9.19. The second-order valence-corrected chi connectivity index (χ2v) is 7.74. The van der Waals surface area contributed by atoms with Gasteiger partial charge in [0.05, 0.1) is 15.5 Å². The monoisotopic (exact) mass is 492 g/mol. The number of para-hydroxylation sites is 1. The summed E-state index contributed by atoms with van der Waals surface area (Å²) in [4.78, 5) is 15.0. The van der Waals surface area contributed by atoms with E-state index in [0.717, 1.165) is 39.1 Å². The molecule has 0 aliphatic carbocycles. The number of fused-ring (bicyclic) bond motifs is 1. The van der Waals surface area contributed by atoms with Gasteiger partial charge in [0.25, 0.3) is 5.91 Å². The van der Waals surface area contributed by atoms with E-state index in [1.807, 2.05) is 30.3 Å². The smallest absolute Gasteiger partial charge is 0.254 e. The number of amides is 1. The highest BCUT2D eigenvalue weighted by Crippen LogP contribution is 2.32. The van der Waals surface area contributed by atoms with Crippen LogP contribution in [0.15, 0.2) is 54.6 Å². The predicted molar refractivity (Wildman–Crippen MR) is 116 cm³/mol. The SMILES string of the molecule is NC(=O)c1c(F)ccc(O)c1F.Oc1ccccc1-c1ccc2sc(CBr)nc2c1. The van der Waals surface area contributed by atoms with Gasteiger partial charge in [-0.1, -0.05) is 40.2 Å². The number of halogens is 3. The highest BCUT2D eigenvalue weighted by Gasteiger charge is 2.17. The van der Waals surface area contributed by atoms with E-state index in [2.05, 4.69) is 32.7 Å². The second-order valence-electron chi connectivity index (χ2n) is 6.06. The fraction of sp³-hybridized carbons (Fsp3) is 0.0476. The molecule has 0 aliphatic heterocycles. The van der Waals surface area contributed by atoms with Gasteiger partial charge in [-0.15, -0.1) is 11.3 Å². The topological polar surface area (TPSA) is 96.4 Å². The zero-order valence-electron chi connectivity index (χ0n) is 15.3. The Labute approximate surface area is 182 Å². The zero-order valence-corrected chi connectivity index (χ0v) is 17.7. The van der Waals surface area contributed by atoms with Crippen LogP contribution in [0.5, 0.6) is 11.5 Å². The minimum atomic E-state index is -1.33. The summed E-state index contributed by atoms with van der Waals surface area (Å²) >= 11 is 5.10. The fourth-order valence-electron chi connectivity index (χ4n) is 2.68. The molecule has 30 heavy (non-hydrogen) atoms. The van der Waals surface area contributed by atoms with Gasteiger partial charge >= 0.3 is 0 Å². The predicted octanol–water partition coefficient (Wildman–Crippen LogP) is 5.33. The van der Waals surface area contributed by atoms with Crippen molar-refractivity contribution < 1.29 is 23.8 Å². The number of aromatic nitrogens is 1. The highest BCUT2D eigenvalue weighted by atomic mass is 79.9. The fourth-order valence-corrected chi connectivity index (χ4v) is 3.95. The molecule has 0 bridgehead atoms. The first-order valence-corrected chi connectivity index (χ1v) is 10.5. The number of benzene rings is 3. The van der Waals surface area contributed by atoms with E-state index in [-0.39, 0.29) is 0 Å². The van der Waals surface area contributed by atoms with E-state index in [1.165, 1.54) is 4.70 Å². The van der Waals surface area contributed by atoms with Crippen LogP contribution in [-0.4, -0.2) is 21.1 Å². The van der Waals surface area contributed by atoms with E-state index < -0.39 is 28.9 Å². The Morgan fingerprint density at radius 3 is 2.43 bits per heavy atom. The summed E-state index contributed by atoms with van der Waals surface area (Å²) in [5, 5.41) is 20.4. The molecule has 0 saturated heterocycles. The quantitative estimate of drug-likeness (QED) is 0.336. The number of alkyl halides is 1. The maximum atomic E-state index is 12.7. The minimum absolute atomic E-state index is 0.299. The third-order valence-corrected chi connectivity index (χ3v) is 6.02. The number of nitrogens with two attached hydrogens (primary N) is 1. The van der Waals surface area contributed by atoms with Crippen LogP contribution in [0.1, 0.15) is 15.4 Å². The molecule has 0 fully saturated rings. The third kappa shape index (κ3) is 4.58. The summed E-state index contributed by atoms with van der Waals surface area (Å²) in [7, 11) is 0. The van der Waals surface area contributed by atoms with E-state index in [1.54, 1.807) is 17.4 Å². The van der Waals surface area contributed by atoms with Gasteiger partial charge < -0.3 is 15.9 Å². The van der Waals surface area contributed by atoms with Gasteiger partial charge in [-0.25, -0.2) is 13.8 Å². The average Bonchev–Trinajstić information content (AvgIpc) is 3.14. The summed E-state index contributed by atoms with van der Waals surface area (Å²) in [5.74, 6) is -4.17. The van der Waals surface area contributed by atoms with Gasteiger partial charge in [-0.2, -0.15) is 0 Å². The molecule has 0 atom stereocenters. The Bertz CT molecular complexity index is 1230. The van der Waals surface area contributed by atoms with E-state index in [0.29, 0.717) is 5.75 Å². The van der Waals surface area contributed by atoms with Crippen molar-refractivity contribution >= 4 is 43.4 Å². The summed E-state index contributed by atoms with van der Waals surface area (Å²) < 4.78 is 26.5. The third-order valence-electron chi connectivity index (χ3n) is 4.08. The molecule has 154 valence electrons. The van der Waals surface area contributed by atoms with E-state index in [9.17, 15) is 18.7 Å². The maximum Gasteiger partial charge on any atom is 0.254 e. The molecule has 1 aromatic heterocycles. The normalized spacial score (nSPS) is 10.5. The first-order valence-electron chi connectivity index (χ1n) is 8.52. The van der Waals surface area contributed by atoms with Crippen molar-refractivity contribution in [3.8, 4) is 22.6 Å². The Balaban J connectivity index is 0.000000187. The van der Waals surface area contributed by atoms with Gasteiger partial charge in [0.1, 0.15) is 22.1 Å². The summed E-state index contributed by atoms with van der Waals surface area (Å²) in [6.45, 7) is 0. The molecule has 0 unspecified atom stereocenters. The first-order chi connectivity index (χ1) is 14.3. The molecule has 0 aliphatic rings. The van der Waals surface area contributed by atoms with Gasteiger partial charge in [0, 0.05) is 5.56 Å². The zero-order chi connectivity index (χ0) is 21.8. The molecular formula is C21H15BrF2N2O3S. The Hall–Kier alpha value is -3.04. The summed E-state index contributed by atoms with van der Waals surface area (Å²) in [5.41, 5.74) is 6.55. The number of carbonyl (C=O) groups excluding carboxylic acids is 1. The average molecular weight is 493 g/mol. The number of aromatic hydroxyl groups is 2. The van der Waals surface area contributed by atoms with Crippen molar-refractivity contribution in [2.75, 3.05) is 0 Å². The Morgan fingerprint density at radius 2 is 1.80 bits per heavy atom. The minimum Gasteiger partial charge on any atom is -0.507 e. The number of phenols is 2. The summed E-state index contributed by atoms with van der Waals surface area (Å²) in [6, 6.07) is 15.0. The number of carbonyl (C=O) groups is 1. The summed E-state index contributed by atoms with van der Waals surface area (Å²) in [6.07, 6.45) is 0. The standard InChI is InChI=1S/C14H10BrNOS.C7H5F2NO2/c15-8-14-16-11-7-9(5-6-13(11)18-14)10-3-1-2-4-12(10)17;8-3-1-2-4(11)6(9)5(3)7(10)12/h1-7,17H,8H2;1-2,11H,(H2,10,12). The number of hydrogen-bond acceptors (Lipinski definition) is 5. The number of hydrogen-bond donors (Lipinski definition) is 3. The van der Waals surface area contributed by atoms with Crippen molar-refractivity contribution in [3.05, 3.63) is 76.8 Å². The highest BCUT2D eigenvalue weighted by molar-refractivity contribution is 9.08. The van der Waals surface area contributed by atoms with Crippen LogP contribution < -0.4 is 5.73 Å². The van der Waals surface area contributed by atoms with Gasteiger partial charge in [0.2, 0.25) is 0 Å². The number of phenolic OH excluding ortho intramolecular Hbond substituents is 2. The van der Waals surface area contributed by atoms with Gasteiger partial charge in [0.15, 0.2) is 11.6 Å². The number of rotatable bonds is 3. The maximum absolute atomic E-state index is 12.7. The molecule has 0 radical (unpaired) electrons. The molecule has 5 nitrogen and oxygen atoms in total. The molecule has 3 aromatic carbocycles. The number of nitrogens with zero attached hydrogens (tertiary/aromatic N) is 1. The van der Waals surface area contributed by atoms with Crippen LogP contribution in [0.25, 0.3) is 21.3 Å². The van der Waals surface area contributed by atoms with Crippen molar-refractivity contribution in [1.29, 1.82) is 0 Å². The Kier molecular flexibility index (Phi) is 6.63. The van der Waals surface area contributed by atoms with Crippen LogP contribution in [0.4, 0.5) is 8.78 Å². The molecule has 9 heteroatoms. The van der Waals surface area contributed by atoms with Crippen molar-refractivity contribution in [2.24, 2.45) is 5.73 Å². The number of primary amides is 1. The lowest BCUT2D eigenvalue weighted by atomic mass is 10.0. The molecule has 4 rings (SSSR count). The van der Waals surface area contributed by atoms with Crippen LogP contribution in [-0.2, 0) is 5.33 Å². The molecule has 4 aromatic rings. The van der Waals surface area contributed by atoms with Crippen LogP contribution in [0.3, 0.4) is 0 Å². The van der Waals surface area contributed by atoms with Crippen LogP contribution in [0, 0.1) is 11.6 Å². The first kappa shape index (κ1) is 21.7. The molecule has 0 saturated carbocycles. The molecular weight excluding hydrogens is 478 g/mol. The Morgan fingerprint density at radius 1 is 1.07 bits per heavy atom. The van der Waals surface area contributed by atoms with Crippen molar-refractivity contribution in [3.63, 3.8) is 0 Å². The largest absolute Gasteiger partial charge is 0.507 e. The van der Waals surface area contributed by atoms with Crippen LogP contribution >= 0.6 is 27.3 Å². The molecule has 1 heterocycles. The van der Waals surface area contributed by atoms with E-state index >= 15 is 0 Å². The molecule has 0 spiro atoms. The van der Waals surface area contributed by atoms with Crippen LogP contribution in [0.2, 0.25) is 0 Å². The van der Waals surface area contributed by atoms with Crippen molar-refractivity contribution in [1.82, 2.24) is 4.98 Å². The van der Waals surface area contributed by atoms with E-state index in [4.69, 9.17) is 5.11 Å². The van der Waals surface area contributed by atoms with Gasteiger partial charge in [-0.3, -0.25) is 4.79 Å². The van der Waals surface area contributed by atoms with Crippen molar-refractivity contribution in [2.45, 2.75) is 5.33 Å². The van der Waals surface area contributed by atoms with Gasteiger partial charge in [-0.05, 0) is 35.9 Å². The lowest BCUT2D eigenvalue weighted by molar-refractivity contribution is 0.0991. The molecule has 4 N–H and O–H groups in total. The molecule has 1 amide bonds. The lowest BCUT2D eigenvalue weighted by Gasteiger charge is -2.03.